The quantitative estimate of drug-likeness (QED) is 0.743. The fourth-order valence-electron chi connectivity index (χ4n) is 2.06. The Hall–Kier alpha value is -1.62. The summed E-state index contributed by atoms with van der Waals surface area (Å²) in [5, 5.41) is 9.62. The van der Waals surface area contributed by atoms with Gasteiger partial charge in [-0.25, -0.2) is 4.98 Å². The van der Waals surface area contributed by atoms with Crippen LogP contribution in [0.3, 0.4) is 0 Å². The Morgan fingerprint density at radius 2 is 2.41 bits per heavy atom. The zero-order valence-corrected chi connectivity index (χ0v) is 9.84. The topological polar surface area (TPSA) is 79.5 Å². The highest BCUT2D eigenvalue weighted by molar-refractivity contribution is 5.97. The first kappa shape index (κ1) is 11.9. The average molecular weight is 235 g/mol. The molecule has 5 nitrogen and oxygen atoms in total. The van der Waals surface area contributed by atoms with Crippen molar-refractivity contribution in [3.05, 3.63) is 24.0 Å². The molecule has 0 spiro atoms. The number of nitrogens with zero attached hydrogens (tertiary/aromatic N) is 2. The SMILES string of the molecule is CC1CN(C(=O)c2ncccc2N)CCC1O. The van der Waals surface area contributed by atoms with Gasteiger partial charge in [0.1, 0.15) is 0 Å². The monoisotopic (exact) mass is 235 g/mol. The Balaban J connectivity index is 2.14. The Morgan fingerprint density at radius 3 is 3.06 bits per heavy atom. The van der Waals surface area contributed by atoms with Crippen molar-refractivity contribution in [1.29, 1.82) is 0 Å². The highest BCUT2D eigenvalue weighted by Gasteiger charge is 2.28. The van der Waals surface area contributed by atoms with E-state index in [0.29, 0.717) is 30.9 Å². The number of carbonyl (C=O) groups excluding carboxylic acids is 1. The maximum absolute atomic E-state index is 12.2. The van der Waals surface area contributed by atoms with E-state index >= 15 is 0 Å². The summed E-state index contributed by atoms with van der Waals surface area (Å²) in [6.45, 7) is 3.04. The molecule has 1 fully saturated rings. The third-order valence-corrected chi connectivity index (χ3v) is 3.19. The molecule has 1 aliphatic rings. The number of aliphatic hydroxyl groups is 1. The zero-order chi connectivity index (χ0) is 12.4. The average Bonchev–Trinajstić information content (AvgIpc) is 2.32. The molecular formula is C12H17N3O2. The van der Waals surface area contributed by atoms with Crippen molar-refractivity contribution in [3.8, 4) is 0 Å². The largest absolute Gasteiger partial charge is 0.397 e. The van der Waals surface area contributed by atoms with Crippen molar-refractivity contribution in [2.24, 2.45) is 5.92 Å². The second-order valence-electron chi connectivity index (χ2n) is 4.53. The number of aromatic nitrogens is 1. The predicted octanol–water partition coefficient (Wildman–Crippen LogP) is 0.507. The number of carbonyl (C=O) groups is 1. The molecule has 1 aliphatic heterocycles. The van der Waals surface area contributed by atoms with Crippen LogP contribution < -0.4 is 5.73 Å². The first-order valence-electron chi connectivity index (χ1n) is 5.77. The molecule has 2 heterocycles. The first-order valence-corrected chi connectivity index (χ1v) is 5.77. The predicted molar refractivity (Wildman–Crippen MR) is 64.3 cm³/mol. The van der Waals surface area contributed by atoms with Gasteiger partial charge < -0.3 is 15.7 Å². The summed E-state index contributed by atoms with van der Waals surface area (Å²) in [6, 6.07) is 3.37. The first-order chi connectivity index (χ1) is 8.09. The van der Waals surface area contributed by atoms with Gasteiger partial charge in [-0.15, -0.1) is 0 Å². The van der Waals surface area contributed by atoms with Crippen LogP contribution in [-0.2, 0) is 0 Å². The van der Waals surface area contributed by atoms with E-state index < -0.39 is 0 Å². The van der Waals surface area contributed by atoms with Gasteiger partial charge >= 0.3 is 0 Å². The summed E-state index contributed by atoms with van der Waals surface area (Å²) in [4.78, 5) is 17.9. The van der Waals surface area contributed by atoms with Crippen LogP contribution in [0.4, 0.5) is 5.69 Å². The lowest BCUT2D eigenvalue weighted by Crippen LogP contribution is -2.45. The van der Waals surface area contributed by atoms with Crippen molar-refractivity contribution >= 4 is 11.6 Å². The van der Waals surface area contributed by atoms with Gasteiger partial charge in [0.05, 0.1) is 11.8 Å². The molecular weight excluding hydrogens is 218 g/mol. The molecule has 0 radical (unpaired) electrons. The molecule has 2 rings (SSSR count). The molecule has 3 N–H and O–H groups in total. The fourth-order valence-corrected chi connectivity index (χ4v) is 2.06. The lowest BCUT2D eigenvalue weighted by molar-refractivity contribution is 0.0295. The van der Waals surface area contributed by atoms with E-state index in [1.165, 1.54) is 0 Å². The maximum Gasteiger partial charge on any atom is 0.274 e. The molecule has 0 saturated carbocycles. The smallest absolute Gasteiger partial charge is 0.274 e. The van der Waals surface area contributed by atoms with E-state index in [9.17, 15) is 9.90 Å². The third-order valence-electron chi connectivity index (χ3n) is 3.19. The minimum absolute atomic E-state index is 0.0950. The van der Waals surface area contributed by atoms with Crippen LogP contribution in [0.2, 0.25) is 0 Å². The number of piperidine rings is 1. The van der Waals surface area contributed by atoms with Gasteiger partial charge in [-0.1, -0.05) is 6.92 Å². The molecule has 2 atom stereocenters. The van der Waals surface area contributed by atoms with Crippen LogP contribution >= 0.6 is 0 Å². The molecule has 17 heavy (non-hydrogen) atoms. The number of pyridine rings is 1. The molecule has 0 aromatic carbocycles. The van der Waals surface area contributed by atoms with Gasteiger partial charge in [0.15, 0.2) is 5.69 Å². The second-order valence-corrected chi connectivity index (χ2v) is 4.53. The van der Waals surface area contributed by atoms with E-state index in [2.05, 4.69) is 4.98 Å². The molecule has 1 aromatic rings. The van der Waals surface area contributed by atoms with Crippen molar-refractivity contribution < 1.29 is 9.90 Å². The summed E-state index contributed by atoms with van der Waals surface area (Å²) in [7, 11) is 0. The highest BCUT2D eigenvalue weighted by atomic mass is 16.3. The van der Waals surface area contributed by atoms with Gasteiger partial charge in [0.25, 0.3) is 5.91 Å². The number of nitrogens with two attached hydrogens (primary N) is 1. The number of rotatable bonds is 1. The fraction of sp³-hybridized carbons (Fsp3) is 0.500. The summed E-state index contributed by atoms with van der Waals surface area (Å²) >= 11 is 0. The van der Waals surface area contributed by atoms with Crippen molar-refractivity contribution in [2.75, 3.05) is 18.8 Å². The summed E-state index contributed by atoms with van der Waals surface area (Å²) in [5.41, 5.74) is 6.43. The van der Waals surface area contributed by atoms with Crippen molar-refractivity contribution in [2.45, 2.75) is 19.4 Å². The minimum atomic E-state index is -0.319. The van der Waals surface area contributed by atoms with Crippen LogP contribution in [0.1, 0.15) is 23.8 Å². The Bertz CT molecular complexity index is 422. The van der Waals surface area contributed by atoms with E-state index in [0.717, 1.165) is 0 Å². The summed E-state index contributed by atoms with van der Waals surface area (Å²) in [5.74, 6) is -0.0560. The molecule has 5 heteroatoms. The number of likely N-dealkylation sites (tertiary alicyclic amines) is 1. The number of nitrogen functional groups attached to an aromatic ring is 1. The molecule has 1 saturated heterocycles. The standard InChI is InChI=1S/C12H17N3O2/c1-8-7-15(6-4-10(8)16)12(17)11-9(13)3-2-5-14-11/h2-3,5,8,10,16H,4,6-7,13H2,1H3. The number of anilines is 1. The van der Waals surface area contributed by atoms with Crippen LogP contribution in [0, 0.1) is 5.92 Å². The molecule has 0 aliphatic carbocycles. The Labute approximate surface area is 100 Å². The van der Waals surface area contributed by atoms with Crippen LogP contribution in [0.15, 0.2) is 18.3 Å². The molecule has 2 unspecified atom stereocenters. The van der Waals surface area contributed by atoms with Gasteiger partial charge in [-0.2, -0.15) is 0 Å². The van der Waals surface area contributed by atoms with Gasteiger partial charge in [-0.3, -0.25) is 4.79 Å². The third kappa shape index (κ3) is 2.39. The van der Waals surface area contributed by atoms with Crippen LogP contribution in [0.5, 0.6) is 0 Å². The van der Waals surface area contributed by atoms with E-state index in [1.807, 2.05) is 6.92 Å². The van der Waals surface area contributed by atoms with Crippen LogP contribution in [-0.4, -0.2) is 40.1 Å². The lowest BCUT2D eigenvalue weighted by atomic mass is 9.96. The zero-order valence-electron chi connectivity index (χ0n) is 9.84. The van der Waals surface area contributed by atoms with Crippen LogP contribution in [0.25, 0.3) is 0 Å². The normalized spacial score (nSPS) is 24.7. The van der Waals surface area contributed by atoms with E-state index in [-0.39, 0.29) is 17.9 Å². The van der Waals surface area contributed by atoms with Gasteiger partial charge in [-0.05, 0) is 24.5 Å². The summed E-state index contributed by atoms with van der Waals surface area (Å²) < 4.78 is 0. The number of hydrogen-bond acceptors (Lipinski definition) is 4. The highest BCUT2D eigenvalue weighted by Crippen LogP contribution is 2.19. The van der Waals surface area contributed by atoms with E-state index in [4.69, 9.17) is 5.73 Å². The number of amides is 1. The number of aliphatic hydroxyl groups excluding tert-OH is 1. The Morgan fingerprint density at radius 1 is 1.65 bits per heavy atom. The Kier molecular flexibility index (Phi) is 3.28. The molecule has 0 bridgehead atoms. The minimum Gasteiger partial charge on any atom is -0.397 e. The van der Waals surface area contributed by atoms with Gasteiger partial charge in [0.2, 0.25) is 0 Å². The maximum atomic E-state index is 12.2. The lowest BCUT2D eigenvalue weighted by Gasteiger charge is -2.34. The van der Waals surface area contributed by atoms with Crippen molar-refractivity contribution in [1.82, 2.24) is 9.88 Å². The summed E-state index contributed by atoms with van der Waals surface area (Å²) in [6.07, 6.45) is 1.85. The molecule has 1 aromatic heterocycles. The van der Waals surface area contributed by atoms with Crippen molar-refractivity contribution in [3.63, 3.8) is 0 Å². The molecule has 1 amide bonds. The molecule has 92 valence electrons. The number of hydrogen-bond donors (Lipinski definition) is 2. The van der Waals surface area contributed by atoms with E-state index in [1.54, 1.807) is 23.2 Å². The second kappa shape index (κ2) is 4.71. The van der Waals surface area contributed by atoms with Gasteiger partial charge in [0, 0.05) is 19.3 Å².